The lowest BCUT2D eigenvalue weighted by atomic mass is 10.3. The first-order valence-corrected chi connectivity index (χ1v) is 7.21. The maximum absolute atomic E-state index is 10.8. The molecule has 0 aliphatic rings. The molecule has 5 heteroatoms. The Balaban J connectivity index is 0.000000181. The van der Waals surface area contributed by atoms with Gasteiger partial charge in [-0.25, -0.2) is 4.21 Å². The molecule has 90 valence electrons. The standard InChI is InChI=1S/C6H6O2S2.C6H6O/c7-10(8,9)6-4-2-1-3-5-6;7-6-4-2-1-3-5-6/h1-5H,(H,7,8,9);1-5,7H. The van der Waals surface area contributed by atoms with E-state index in [0.29, 0.717) is 10.6 Å². The van der Waals surface area contributed by atoms with Gasteiger partial charge in [-0.15, -0.1) is 0 Å². The second-order valence-electron chi connectivity index (χ2n) is 3.12. The van der Waals surface area contributed by atoms with Crippen LogP contribution in [0.3, 0.4) is 0 Å². The van der Waals surface area contributed by atoms with Crippen LogP contribution in [0.15, 0.2) is 65.6 Å². The molecule has 1 unspecified atom stereocenters. The second kappa shape index (κ2) is 6.34. The molecule has 0 saturated heterocycles. The first kappa shape index (κ1) is 13.6. The van der Waals surface area contributed by atoms with Crippen LogP contribution in [0.25, 0.3) is 0 Å². The van der Waals surface area contributed by atoms with Crippen molar-refractivity contribution < 1.29 is 13.9 Å². The van der Waals surface area contributed by atoms with Gasteiger partial charge in [0.05, 0.1) is 4.90 Å². The third-order valence-electron chi connectivity index (χ3n) is 1.80. The molecule has 0 aliphatic carbocycles. The van der Waals surface area contributed by atoms with Crippen molar-refractivity contribution in [3.8, 4) is 5.75 Å². The van der Waals surface area contributed by atoms with Crippen LogP contribution in [0.1, 0.15) is 0 Å². The zero-order valence-corrected chi connectivity index (χ0v) is 10.5. The second-order valence-corrected chi connectivity index (χ2v) is 5.90. The van der Waals surface area contributed by atoms with Crippen molar-refractivity contribution in [2.75, 3.05) is 0 Å². The van der Waals surface area contributed by atoms with Crippen molar-refractivity contribution in [3.05, 3.63) is 60.7 Å². The molecule has 0 saturated carbocycles. The van der Waals surface area contributed by atoms with Crippen LogP contribution in [0, 0.1) is 0 Å². The highest BCUT2D eigenvalue weighted by molar-refractivity contribution is 8.29. The minimum Gasteiger partial charge on any atom is -0.508 e. The van der Waals surface area contributed by atoms with E-state index in [9.17, 15) is 4.21 Å². The van der Waals surface area contributed by atoms with Gasteiger partial charge in [-0.05, 0) is 24.3 Å². The highest BCUT2D eigenvalue weighted by Gasteiger charge is 2.01. The van der Waals surface area contributed by atoms with Crippen molar-refractivity contribution in [2.45, 2.75) is 4.90 Å². The Hall–Kier alpha value is -1.43. The molecule has 0 spiro atoms. The van der Waals surface area contributed by atoms with Crippen molar-refractivity contribution in [1.29, 1.82) is 0 Å². The topological polar surface area (TPSA) is 57.5 Å². The van der Waals surface area contributed by atoms with Crippen LogP contribution >= 0.6 is 0 Å². The quantitative estimate of drug-likeness (QED) is 0.835. The normalized spacial score (nSPS) is 13.0. The average molecular weight is 268 g/mol. The van der Waals surface area contributed by atoms with Gasteiger partial charge in [-0.3, -0.25) is 0 Å². The summed E-state index contributed by atoms with van der Waals surface area (Å²) in [5.74, 6) is 0.322. The Morgan fingerprint density at radius 2 is 1.29 bits per heavy atom. The summed E-state index contributed by atoms with van der Waals surface area (Å²) in [6.07, 6.45) is 0. The molecular formula is C12H12O3S2. The molecule has 3 nitrogen and oxygen atoms in total. The van der Waals surface area contributed by atoms with E-state index in [0.717, 1.165) is 0 Å². The van der Waals surface area contributed by atoms with Crippen LogP contribution in [-0.2, 0) is 20.0 Å². The summed E-state index contributed by atoms with van der Waals surface area (Å²) >= 11 is 4.33. The lowest BCUT2D eigenvalue weighted by Crippen LogP contribution is -1.94. The van der Waals surface area contributed by atoms with Gasteiger partial charge in [-0.2, -0.15) is 0 Å². The van der Waals surface area contributed by atoms with Gasteiger partial charge in [-0.1, -0.05) is 36.4 Å². The molecule has 0 bridgehead atoms. The molecule has 0 aromatic heterocycles. The number of hydrogen-bond acceptors (Lipinski definition) is 3. The van der Waals surface area contributed by atoms with Gasteiger partial charge in [0.2, 0.25) is 0 Å². The first-order valence-electron chi connectivity index (χ1n) is 4.77. The van der Waals surface area contributed by atoms with Crippen molar-refractivity contribution in [1.82, 2.24) is 0 Å². The molecule has 1 atom stereocenters. The zero-order chi connectivity index (χ0) is 12.7. The Kier molecular flexibility index (Phi) is 5.09. The molecule has 2 N–H and O–H groups in total. The van der Waals surface area contributed by atoms with Crippen LogP contribution in [0.2, 0.25) is 0 Å². The Bertz CT molecular complexity index is 536. The highest BCUT2D eigenvalue weighted by atomic mass is 32.8. The summed E-state index contributed by atoms with van der Waals surface area (Å²) in [7, 11) is -3.17. The highest BCUT2D eigenvalue weighted by Crippen LogP contribution is 2.06. The summed E-state index contributed by atoms with van der Waals surface area (Å²) < 4.78 is 19.6. The molecular weight excluding hydrogens is 256 g/mol. The summed E-state index contributed by atoms with van der Waals surface area (Å²) in [6.45, 7) is 0. The van der Waals surface area contributed by atoms with Crippen LogP contribution < -0.4 is 0 Å². The number of rotatable bonds is 1. The van der Waals surface area contributed by atoms with E-state index in [2.05, 4.69) is 11.2 Å². The average Bonchev–Trinajstić information content (AvgIpc) is 2.31. The van der Waals surface area contributed by atoms with Crippen LogP contribution in [0.4, 0.5) is 0 Å². The van der Waals surface area contributed by atoms with Gasteiger partial charge >= 0.3 is 0 Å². The summed E-state index contributed by atoms with van der Waals surface area (Å²) in [5.41, 5.74) is 0. The zero-order valence-electron chi connectivity index (χ0n) is 8.89. The molecule has 2 aromatic carbocycles. The van der Waals surface area contributed by atoms with Gasteiger partial charge in [0.1, 0.15) is 5.75 Å². The molecule has 2 rings (SSSR count). The van der Waals surface area contributed by atoms with Gasteiger partial charge < -0.3 is 9.66 Å². The predicted octanol–water partition coefficient (Wildman–Crippen LogP) is 2.66. The smallest absolute Gasteiger partial charge is 0.171 e. The van der Waals surface area contributed by atoms with Gasteiger partial charge in [0.25, 0.3) is 0 Å². The predicted molar refractivity (Wildman–Crippen MR) is 71.0 cm³/mol. The van der Waals surface area contributed by atoms with E-state index >= 15 is 0 Å². The van der Waals surface area contributed by atoms with Gasteiger partial charge in [0.15, 0.2) is 8.77 Å². The fraction of sp³-hybridized carbons (Fsp3) is 0. The van der Waals surface area contributed by atoms with Crippen molar-refractivity contribution in [2.24, 2.45) is 0 Å². The third-order valence-corrected chi connectivity index (χ3v) is 3.24. The summed E-state index contributed by atoms with van der Waals surface area (Å²) in [5, 5.41) is 8.63. The number of phenolic OH excluding ortho intramolecular Hbond substituents is 1. The van der Waals surface area contributed by atoms with E-state index in [-0.39, 0.29) is 0 Å². The fourth-order valence-corrected chi connectivity index (χ4v) is 1.85. The lowest BCUT2D eigenvalue weighted by molar-refractivity contribution is 0.475. The molecule has 2 aromatic rings. The van der Waals surface area contributed by atoms with Crippen LogP contribution in [-0.4, -0.2) is 13.9 Å². The van der Waals surface area contributed by atoms with E-state index in [4.69, 9.17) is 9.66 Å². The lowest BCUT2D eigenvalue weighted by Gasteiger charge is -1.95. The minimum absolute atomic E-state index is 0.296. The molecule has 0 amide bonds. The molecule has 0 heterocycles. The summed E-state index contributed by atoms with van der Waals surface area (Å²) in [4.78, 5) is 0.296. The van der Waals surface area contributed by atoms with Crippen molar-refractivity contribution in [3.63, 3.8) is 0 Å². The number of aromatic hydroxyl groups is 1. The number of phenols is 1. The first-order chi connectivity index (χ1) is 8.00. The number of hydrogen-bond donors (Lipinski definition) is 2. The molecule has 17 heavy (non-hydrogen) atoms. The number of benzene rings is 2. The van der Waals surface area contributed by atoms with Gasteiger partial charge in [0, 0.05) is 11.2 Å². The van der Waals surface area contributed by atoms with E-state index in [1.807, 2.05) is 6.07 Å². The molecule has 0 fully saturated rings. The van der Waals surface area contributed by atoms with E-state index in [1.54, 1.807) is 42.5 Å². The molecule has 0 aliphatic heterocycles. The maximum Gasteiger partial charge on any atom is 0.171 e. The monoisotopic (exact) mass is 268 g/mol. The SMILES string of the molecule is O=S(O)(=S)c1ccccc1.Oc1ccccc1. The summed E-state index contributed by atoms with van der Waals surface area (Å²) in [6, 6.07) is 16.9. The maximum atomic E-state index is 10.8. The van der Waals surface area contributed by atoms with E-state index < -0.39 is 8.77 Å². The van der Waals surface area contributed by atoms with Crippen molar-refractivity contribution >= 4 is 20.0 Å². The molecule has 0 radical (unpaired) electrons. The van der Waals surface area contributed by atoms with Crippen LogP contribution in [0.5, 0.6) is 5.75 Å². The Morgan fingerprint density at radius 3 is 1.53 bits per heavy atom. The Morgan fingerprint density at radius 1 is 0.882 bits per heavy atom. The minimum atomic E-state index is -3.17. The Labute approximate surface area is 105 Å². The third kappa shape index (κ3) is 5.44. The largest absolute Gasteiger partial charge is 0.508 e. The van der Waals surface area contributed by atoms with E-state index in [1.165, 1.54) is 12.1 Å². The fourth-order valence-electron chi connectivity index (χ4n) is 1.02. The number of para-hydroxylation sites is 1.